The molecule has 8 heteroatoms. The molecule has 7 nitrogen and oxygen atoms in total. The van der Waals surface area contributed by atoms with E-state index in [4.69, 9.17) is 15.9 Å². The van der Waals surface area contributed by atoms with Crippen LogP contribution >= 0.6 is 0 Å². The lowest BCUT2D eigenvalue weighted by molar-refractivity contribution is 0.0686. The molecular formula is C24H29NO6S. The van der Waals surface area contributed by atoms with Crippen LogP contribution in [0.1, 0.15) is 39.3 Å². The van der Waals surface area contributed by atoms with Gasteiger partial charge in [-0.25, -0.2) is 18.0 Å². The summed E-state index contributed by atoms with van der Waals surface area (Å²) in [4.78, 5) is 21.1. The lowest BCUT2D eigenvalue weighted by Gasteiger charge is -1.96. The second-order valence-electron chi connectivity index (χ2n) is 6.60. The van der Waals surface area contributed by atoms with E-state index in [-0.39, 0.29) is 13.0 Å². The number of para-hydroxylation sites is 1. The van der Waals surface area contributed by atoms with E-state index in [1.807, 2.05) is 13.0 Å². The Hall–Kier alpha value is -3.65. The zero-order chi connectivity index (χ0) is 23.6. The Morgan fingerprint density at radius 3 is 1.53 bits per heavy atom. The van der Waals surface area contributed by atoms with Crippen molar-refractivity contribution in [1.82, 2.24) is 0 Å². The summed E-state index contributed by atoms with van der Waals surface area (Å²) >= 11 is 0. The number of anilines is 1. The monoisotopic (exact) mass is 459 g/mol. The summed E-state index contributed by atoms with van der Waals surface area (Å²) in [7, 11) is -3.02. The third kappa shape index (κ3) is 9.44. The Labute approximate surface area is 189 Å². The molecule has 32 heavy (non-hydrogen) atoms. The summed E-state index contributed by atoms with van der Waals surface area (Å²) in [5, 5.41) is 17.1. The zero-order valence-electron chi connectivity index (χ0n) is 17.4. The number of nitrogen functional groups attached to an aromatic ring is 1. The molecule has 0 saturated carbocycles. The van der Waals surface area contributed by atoms with Crippen molar-refractivity contribution in [1.29, 1.82) is 0 Å². The first-order valence-corrected chi connectivity index (χ1v) is 11.0. The number of nitrogens with two attached hydrogens (primary N) is 1. The van der Waals surface area contributed by atoms with Crippen LogP contribution in [-0.4, -0.2) is 36.8 Å². The average molecular weight is 460 g/mol. The van der Waals surface area contributed by atoms with E-state index in [2.05, 4.69) is 0 Å². The van der Waals surface area contributed by atoms with Crippen molar-refractivity contribution in [3.63, 3.8) is 0 Å². The van der Waals surface area contributed by atoms with Crippen LogP contribution in [0.3, 0.4) is 0 Å². The van der Waals surface area contributed by atoms with Gasteiger partial charge in [0.1, 0.15) is 0 Å². The van der Waals surface area contributed by atoms with Crippen molar-refractivity contribution in [2.24, 2.45) is 0 Å². The molecule has 0 aliphatic heterocycles. The number of sulfone groups is 1. The highest BCUT2D eigenvalue weighted by Gasteiger charge is 2.05. The first-order valence-electron chi connectivity index (χ1n) is 9.07. The van der Waals surface area contributed by atoms with Gasteiger partial charge in [0.25, 0.3) is 0 Å². The van der Waals surface area contributed by atoms with Gasteiger partial charge in [-0.05, 0) is 49.7 Å². The molecule has 0 aliphatic carbocycles. The molecule has 0 aromatic heterocycles. The van der Waals surface area contributed by atoms with Gasteiger partial charge in [0.05, 0.1) is 16.0 Å². The fraction of sp³-hybridized carbons (Fsp3) is 0.167. The van der Waals surface area contributed by atoms with Crippen molar-refractivity contribution < 1.29 is 28.2 Å². The van der Waals surface area contributed by atoms with Gasteiger partial charge in [-0.1, -0.05) is 55.5 Å². The molecule has 0 aliphatic rings. The van der Waals surface area contributed by atoms with Crippen LogP contribution in [0.4, 0.5) is 5.69 Å². The normalized spacial score (nSPS) is 9.72. The molecule has 3 aromatic rings. The lowest BCUT2D eigenvalue weighted by Crippen LogP contribution is -2.00. The molecule has 0 saturated heterocycles. The van der Waals surface area contributed by atoms with Gasteiger partial charge in [0, 0.05) is 11.9 Å². The van der Waals surface area contributed by atoms with E-state index in [1.54, 1.807) is 67.6 Å². The minimum absolute atomic E-state index is 0. The third-order valence-electron chi connectivity index (χ3n) is 4.02. The number of benzene rings is 3. The SMILES string of the molecule is C.Cc1ccc(S(C)(=O)=O)cc1.Cc1ccccc1C(=O)O.Nc1ccccc1C(=O)O. The topological polar surface area (TPSA) is 135 Å². The molecule has 4 N–H and O–H groups in total. The fourth-order valence-corrected chi connectivity index (χ4v) is 2.92. The van der Waals surface area contributed by atoms with Crippen LogP contribution in [0.2, 0.25) is 0 Å². The first kappa shape index (κ1) is 28.4. The van der Waals surface area contributed by atoms with Crippen molar-refractivity contribution in [2.75, 3.05) is 12.0 Å². The Balaban J connectivity index is 0.000000444. The smallest absolute Gasteiger partial charge is 0.337 e. The van der Waals surface area contributed by atoms with E-state index in [0.717, 1.165) is 11.1 Å². The quantitative estimate of drug-likeness (QED) is 0.483. The number of carboxylic acid groups (broad SMARTS) is 2. The van der Waals surface area contributed by atoms with E-state index >= 15 is 0 Å². The van der Waals surface area contributed by atoms with Gasteiger partial charge >= 0.3 is 11.9 Å². The van der Waals surface area contributed by atoms with Gasteiger partial charge in [0.2, 0.25) is 0 Å². The Morgan fingerprint density at radius 1 is 0.750 bits per heavy atom. The molecule has 0 radical (unpaired) electrons. The number of rotatable bonds is 3. The van der Waals surface area contributed by atoms with Gasteiger partial charge < -0.3 is 15.9 Å². The number of carbonyl (C=O) groups is 2. The highest BCUT2D eigenvalue weighted by Crippen LogP contribution is 2.10. The van der Waals surface area contributed by atoms with Crippen LogP contribution in [0.5, 0.6) is 0 Å². The van der Waals surface area contributed by atoms with Crippen LogP contribution in [-0.2, 0) is 9.84 Å². The summed E-state index contributed by atoms with van der Waals surface area (Å²) in [6.45, 7) is 3.70. The van der Waals surface area contributed by atoms with Crippen LogP contribution in [0.25, 0.3) is 0 Å². The largest absolute Gasteiger partial charge is 0.478 e. The highest BCUT2D eigenvalue weighted by atomic mass is 32.2. The van der Waals surface area contributed by atoms with Gasteiger partial charge in [0.15, 0.2) is 9.84 Å². The second-order valence-corrected chi connectivity index (χ2v) is 8.61. The minimum atomic E-state index is -3.02. The summed E-state index contributed by atoms with van der Waals surface area (Å²) in [5.41, 5.74) is 8.04. The number of aromatic carboxylic acids is 2. The van der Waals surface area contributed by atoms with E-state index in [9.17, 15) is 18.0 Å². The summed E-state index contributed by atoms with van der Waals surface area (Å²) in [6, 6.07) is 20.1. The van der Waals surface area contributed by atoms with Crippen molar-refractivity contribution in [2.45, 2.75) is 26.2 Å². The molecule has 0 atom stereocenters. The predicted molar refractivity (Wildman–Crippen MR) is 127 cm³/mol. The summed E-state index contributed by atoms with van der Waals surface area (Å²) in [6.07, 6.45) is 1.21. The molecule has 0 bridgehead atoms. The molecule has 172 valence electrons. The van der Waals surface area contributed by atoms with E-state index < -0.39 is 21.8 Å². The molecule has 0 amide bonds. The van der Waals surface area contributed by atoms with Crippen LogP contribution in [0.15, 0.2) is 77.7 Å². The number of hydrogen-bond acceptors (Lipinski definition) is 5. The maximum Gasteiger partial charge on any atom is 0.337 e. The van der Waals surface area contributed by atoms with Gasteiger partial charge in [-0.2, -0.15) is 0 Å². The molecule has 0 fully saturated rings. The Morgan fingerprint density at radius 2 is 1.19 bits per heavy atom. The van der Waals surface area contributed by atoms with Crippen LogP contribution < -0.4 is 5.73 Å². The highest BCUT2D eigenvalue weighted by molar-refractivity contribution is 7.90. The van der Waals surface area contributed by atoms with Crippen molar-refractivity contribution in [3.8, 4) is 0 Å². The maximum atomic E-state index is 10.9. The first-order chi connectivity index (χ1) is 14.4. The molecular weight excluding hydrogens is 430 g/mol. The lowest BCUT2D eigenvalue weighted by atomic mass is 10.1. The molecule has 0 unspecified atom stereocenters. The van der Waals surface area contributed by atoms with E-state index in [0.29, 0.717) is 16.1 Å². The summed E-state index contributed by atoms with van der Waals surface area (Å²) in [5.74, 6) is -1.85. The van der Waals surface area contributed by atoms with Crippen molar-refractivity contribution in [3.05, 3.63) is 95.1 Å². The zero-order valence-corrected chi connectivity index (χ0v) is 18.3. The maximum absolute atomic E-state index is 10.9. The van der Waals surface area contributed by atoms with Crippen molar-refractivity contribution >= 4 is 27.5 Å². The molecule has 3 aromatic carbocycles. The minimum Gasteiger partial charge on any atom is -0.478 e. The number of hydrogen-bond donors (Lipinski definition) is 3. The second kappa shape index (κ2) is 12.9. The summed E-state index contributed by atoms with van der Waals surface area (Å²) < 4.78 is 21.9. The van der Waals surface area contributed by atoms with Gasteiger partial charge in [-0.15, -0.1) is 0 Å². The Kier molecular flexibility index (Phi) is 11.4. The standard InChI is InChI=1S/C8H10O2S.C8H8O2.C7H7NO2.CH4/c1-7-3-5-8(6-4-7)11(2,9)10;1-6-4-2-3-5-7(6)8(9)10;8-6-4-2-1-3-5(6)7(9)10;/h3-6H,1-2H3;2-5H,1H3,(H,9,10);1-4H,8H2,(H,9,10);1H4. The third-order valence-corrected chi connectivity index (χ3v) is 5.14. The number of carboxylic acids is 2. The Bertz CT molecular complexity index is 1080. The van der Waals surface area contributed by atoms with E-state index in [1.165, 1.54) is 12.3 Å². The van der Waals surface area contributed by atoms with Crippen LogP contribution in [0, 0.1) is 13.8 Å². The average Bonchev–Trinajstić information content (AvgIpc) is 2.69. The van der Waals surface area contributed by atoms with Gasteiger partial charge in [-0.3, -0.25) is 0 Å². The molecule has 3 rings (SSSR count). The number of aryl methyl sites for hydroxylation is 2. The molecule has 0 heterocycles. The fourth-order valence-electron chi connectivity index (χ4n) is 2.29. The predicted octanol–water partition coefficient (Wildman–Crippen LogP) is 4.69. The molecule has 0 spiro atoms.